The number of aliphatic carboxylic acids is 1. The van der Waals surface area contributed by atoms with Gasteiger partial charge >= 0.3 is 5.97 Å². The molecule has 0 amide bonds. The van der Waals surface area contributed by atoms with E-state index in [1.807, 2.05) is 26.1 Å². The fourth-order valence-corrected chi connectivity index (χ4v) is 1.78. The van der Waals surface area contributed by atoms with Crippen LogP contribution in [-0.4, -0.2) is 25.8 Å². The van der Waals surface area contributed by atoms with E-state index in [9.17, 15) is 4.79 Å². The average molecular weight is 231 g/mol. The molecular formula is C12H13N3O2. The molecule has 5 heteroatoms. The number of carboxylic acids is 1. The zero-order valence-corrected chi connectivity index (χ0v) is 9.71. The molecule has 1 N–H and O–H groups in total. The third-order valence-electron chi connectivity index (χ3n) is 2.45. The van der Waals surface area contributed by atoms with Crippen LogP contribution >= 0.6 is 0 Å². The van der Waals surface area contributed by atoms with E-state index in [2.05, 4.69) is 10.1 Å². The van der Waals surface area contributed by atoms with Gasteiger partial charge < -0.3 is 5.11 Å². The predicted octanol–water partition coefficient (Wildman–Crippen LogP) is 1.42. The third kappa shape index (κ3) is 2.50. The van der Waals surface area contributed by atoms with E-state index in [-0.39, 0.29) is 6.42 Å². The lowest BCUT2D eigenvalue weighted by Crippen LogP contribution is -2.01. The lowest BCUT2D eigenvalue weighted by molar-refractivity contribution is -0.136. The van der Waals surface area contributed by atoms with Crippen LogP contribution in [0.5, 0.6) is 0 Å². The first-order valence-electron chi connectivity index (χ1n) is 5.23. The Morgan fingerprint density at radius 3 is 2.76 bits per heavy atom. The Bertz CT molecular complexity index is 561. The molecule has 0 spiro atoms. The number of aryl methyl sites for hydroxylation is 2. The molecular weight excluding hydrogens is 218 g/mol. The predicted molar refractivity (Wildman–Crippen MR) is 62.5 cm³/mol. The maximum atomic E-state index is 10.6. The second kappa shape index (κ2) is 4.37. The van der Waals surface area contributed by atoms with Gasteiger partial charge in [-0.15, -0.1) is 0 Å². The number of nitrogens with zero attached hydrogens (tertiary/aromatic N) is 3. The summed E-state index contributed by atoms with van der Waals surface area (Å²) in [4.78, 5) is 14.7. The van der Waals surface area contributed by atoms with Crippen LogP contribution in [0, 0.1) is 6.92 Å². The summed E-state index contributed by atoms with van der Waals surface area (Å²) in [6.45, 7) is 1.91. The van der Waals surface area contributed by atoms with Gasteiger partial charge in [-0.25, -0.2) is 0 Å². The van der Waals surface area contributed by atoms with Crippen molar-refractivity contribution in [2.24, 2.45) is 7.05 Å². The molecule has 0 radical (unpaired) electrons. The van der Waals surface area contributed by atoms with Crippen LogP contribution in [0.15, 0.2) is 24.5 Å². The maximum Gasteiger partial charge on any atom is 0.307 e. The van der Waals surface area contributed by atoms with Gasteiger partial charge in [0.05, 0.1) is 17.8 Å². The van der Waals surface area contributed by atoms with E-state index in [1.54, 1.807) is 17.1 Å². The Kier molecular flexibility index (Phi) is 2.91. The van der Waals surface area contributed by atoms with Crippen molar-refractivity contribution >= 4 is 5.97 Å². The Labute approximate surface area is 98.7 Å². The van der Waals surface area contributed by atoms with Gasteiger partial charge in [-0.05, 0) is 24.6 Å². The van der Waals surface area contributed by atoms with Gasteiger partial charge in [0.2, 0.25) is 0 Å². The van der Waals surface area contributed by atoms with Gasteiger partial charge in [0.25, 0.3) is 0 Å². The zero-order valence-electron chi connectivity index (χ0n) is 9.71. The van der Waals surface area contributed by atoms with Crippen LogP contribution < -0.4 is 0 Å². The average Bonchev–Trinajstić information content (AvgIpc) is 2.57. The van der Waals surface area contributed by atoms with Crippen LogP contribution in [0.2, 0.25) is 0 Å². The van der Waals surface area contributed by atoms with E-state index < -0.39 is 5.97 Å². The van der Waals surface area contributed by atoms with E-state index in [4.69, 9.17) is 5.11 Å². The van der Waals surface area contributed by atoms with Crippen LogP contribution in [0.1, 0.15) is 11.3 Å². The first-order chi connectivity index (χ1) is 8.06. The monoisotopic (exact) mass is 231 g/mol. The van der Waals surface area contributed by atoms with Crippen molar-refractivity contribution in [1.29, 1.82) is 0 Å². The number of pyridine rings is 1. The van der Waals surface area contributed by atoms with Gasteiger partial charge in [0.15, 0.2) is 0 Å². The minimum absolute atomic E-state index is 0.0162. The molecule has 0 saturated carbocycles. The van der Waals surface area contributed by atoms with Crippen LogP contribution in [-0.2, 0) is 18.3 Å². The number of carboxylic acid groups (broad SMARTS) is 1. The van der Waals surface area contributed by atoms with Crippen molar-refractivity contribution in [2.45, 2.75) is 13.3 Å². The molecule has 88 valence electrons. The summed E-state index contributed by atoms with van der Waals surface area (Å²) in [5.74, 6) is -0.856. The number of aromatic nitrogens is 3. The molecule has 0 saturated heterocycles. The highest BCUT2D eigenvalue weighted by Crippen LogP contribution is 2.19. The van der Waals surface area contributed by atoms with Crippen molar-refractivity contribution < 1.29 is 9.90 Å². The molecule has 2 rings (SSSR count). The van der Waals surface area contributed by atoms with E-state index in [1.165, 1.54) is 0 Å². The quantitative estimate of drug-likeness (QED) is 0.867. The second-order valence-electron chi connectivity index (χ2n) is 3.95. The number of hydrogen-bond donors (Lipinski definition) is 1. The van der Waals surface area contributed by atoms with E-state index in [0.29, 0.717) is 5.56 Å². The first-order valence-corrected chi connectivity index (χ1v) is 5.23. The minimum Gasteiger partial charge on any atom is -0.481 e. The molecule has 0 atom stereocenters. The summed E-state index contributed by atoms with van der Waals surface area (Å²) in [6.07, 6.45) is 3.26. The summed E-state index contributed by atoms with van der Waals surface area (Å²) >= 11 is 0. The number of carbonyl (C=O) groups is 1. The molecule has 2 aromatic heterocycles. The molecule has 2 heterocycles. The van der Waals surface area contributed by atoms with Crippen molar-refractivity contribution in [2.75, 3.05) is 0 Å². The van der Waals surface area contributed by atoms with Crippen LogP contribution in [0.4, 0.5) is 0 Å². The Morgan fingerprint density at radius 1 is 1.41 bits per heavy atom. The molecule has 0 aliphatic carbocycles. The van der Waals surface area contributed by atoms with Gasteiger partial charge in [0.1, 0.15) is 0 Å². The molecule has 17 heavy (non-hydrogen) atoms. The lowest BCUT2D eigenvalue weighted by atomic mass is 10.1. The van der Waals surface area contributed by atoms with Gasteiger partial charge in [-0.3, -0.25) is 14.5 Å². The molecule has 0 fully saturated rings. The van der Waals surface area contributed by atoms with Crippen molar-refractivity contribution in [3.05, 3.63) is 35.8 Å². The Balaban J connectivity index is 2.39. The maximum absolute atomic E-state index is 10.6. The molecule has 0 aromatic carbocycles. The summed E-state index contributed by atoms with van der Waals surface area (Å²) < 4.78 is 1.76. The highest BCUT2D eigenvalue weighted by molar-refractivity contribution is 5.71. The van der Waals surface area contributed by atoms with Crippen molar-refractivity contribution in [1.82, 2.24) is 14.8 Å². The molecule has 0 unspecified atom stereocenters. The van der Waals surface area contributed by atoms with Gasteiger partial charge in [-0.1, -0.05) is 0 Å². The topological polar surface area (TPSA) is 68.0 Å². The SMILES string of the molecule is Cc1cc(-c2cncc(CC(=O)O)c2)n(C)n1. The van der Waals surface area contributed by atoms with Crippen LogP contribution in [0.25, 0.3) is 11.3 Å². The highest BCUT2D eigenvalue weighted by atomic mass is 16.4. The van der Waals surface area contributed by atoms with Crippen LogP contribution in [0.3, 0.4) is 0 Å². The largest absolute Gasteiger partial charge is 0.481 e. The smallest absolute Gasteiger partial charge is 0.307 e. The zero-order chi connectivity index (χ0) is 12.4. The molecule has 0 aliphatic heterocycles. The summed E-state index contributed by atoms with van der Waals surface area (Å²) in [6, 6.07) is 3.78. The second-order valence-corrected chi connectivity index (χ2v) is 3.95. The van der Waals surface area contributed by atoms with Gasteiger partial charge in [0, 0.05) is 25.0 Å². The van der Waals surface area contributed by atoms with E-state index >= 15 is 0 Å². The highest BCUT2D eigenvalue weighted by Gasteiger charge is 2.07. The standard InChI is InChI=1S/C12H13N3O2/c1-8-3-11(15(2)14-8)10-4-9(5-12(16)17)6-13-7-10/h3-4,6-7H,5H2,1-2H3,(H,16,17). The fourth-order valence-electron chi connectivity index (χ4n) is 1.78. The van der Waals surface area contributed by atoms with Crippen molar-refractivity contribution in [3.8, 4) is 11.3 Å². The van der Waals surface area contributed by atoms with Gasteiger partial charge in [-0.2, -0.15) is 5.10 Å². The van der Waals surface area contributed by atoms with E-state index in [0.717, 1.165) is 17.0 Å². The molecule has 2 aromatic rings. The normalized spacial score (nSPS) is 10.5. The van der Waals surface area contributed by atoms with Crippen molar-refractivity contribution in [3.63, 3.8) is 0 Å². The molecule has 0 bridgehead atoms. The number of hydrogen-bond acceptors (Lipinski definition) is 3. The molecule has 5 nitrogen and oxygen atoms in total. The summed E-state index contributed by atoms with van der Waals surface area (Å²) in [7, 11) is 1.85. The summed E-state index contributed by atoms with van der Waals surface area (Å²) in [5, 5.41) is 13.0. The third-order valence-corrected chi connectivity index (χ3v) is 2.45. The first kappa shape index (κ1) is 11.3. The summed E-state index contributed by atoms with van der Waals surface area (Å²) in [5.41, 5.74) is 3.43. The minimum atomic E-state index is -0.856. The lowest BCUT2D eigenvalue weighted by Gasteiger charge is -2.03. The molecule has 0 aliphatic rings. The number of rotatable bonds is 3. The Morgan fingerprint density at radius 2 is 2.18 bits per heavy atom. The fraction of sp³-hybridized carbons (Fsp3) is 0.250. The Hall–Kier alpha value is -2.17.